The Bertz CT molecular complexity index is 467. The van der Waals surface area contributed by atoms with Crippen LogP contribution in [-0.2, 0) is 4.79 Å². The lowest BCUT2D eigenvalue weighted by molar-refractivity contribution is -0.126. The maximum atomic E-state index is 11.6. The van der Waals surface area contributed by atoms with Crippen molar-refractivity contribution in [2.45, 2.75) is 25.9 Å². The van der Waals surface area contributed by atoms with Gasteiger partial charge in [-0.1, -0.05) is 17.7 Å². The second-order valence-corrected chi connectivity index (χ2v) is 5.97. The van der Waals surface area contributed by atoms with E-state index in [-0.39, 0.29) is 11.8 Å². The van der Waals surface area contributed by atoms with Gasteiger partial charge in [-0.15, -0.1) is 0 Å². The average molecular weight is 306 g/mol. The van der Waals surface area contributed by atoms with Gasteiger partial charge in [0.15, 0.2) is 0 Å². The molecule has 0 saturated carbocycles. The first-order chi connectivity index (χ1) is 10.6. The Morgan fingerprint density at radius 3 is 2.59 bits per heavy atom. The van der Waals surface area contributed by atoms with Crippen LogP contribution in [0.1, 0.15) is 18.4 Å². The van der Waals surface area contributed by atoms with Crippen LogP contribution in [0.25, 0.3) is 0 Å². The van der Waals surface area contributed by atoms with Gasteiger partial charge >= 0.3 is 0 Å². The van der Waals surface area contributed by atoms with Crippen molar-refractivity contribution in [1.82, 2.24) is 10.2 Å². The Labute approximate surface area is 132 Å². The van der Waals surface area contributed by atoms with Crippen LogP contribution in [0.3, 0.4) is 0 Å². The maximum Gasteiger partial charge on any atom is 0.222 e. The Morgan fingerprint density at radius 2 is 2.00 bits per heavy atom. The summed E-state index contributed by atoms with van der Waals surface area (Å²) in [7, 11) is 1.68. The van der Waals surface area contributed by atoms with Crippen LogP contribution in [-0.4, -0.2) is 55.3 Å². The Morgan fingerprint density at radius 1 is 1.36 bits per heavy atom. The van der Waals surface area contributed by atoms with E-state index in [0.29, 0.717) is 13.2 Å². The van der Waals surface area contributed by atoms with Gasteiger partial charge in [0.1, 0.15) is 18.5 Å². The Hall–Kier alpha value is -1.59. The molecule has 1 aliphatic rings. The third-order valence-corrected chi connectivity index (χ3v) is 4.14. The van der Waals surface area contributed by atoms with Gasteiger partial charge in [-0.25, -0.2) is 0 Å². The summed E-state index contributed by atoms with van der Waals surface area (Å²) in [5.74, 6) is 1.02. The molecule has 1 heterocycles. The molecule has 0 aliphatic carbocycles. The zero-order valence-corrected chi connectivity index (χ0v) is 13.4. The van der Waals surface area contributed by atoms with Gasteiger partial charge in [-0.3, -0.25) is 4.79 Å². The van der Waals surface area contributed by atoms with Crippen LogP contribution in [0, 0.1) is 12.8 Å². The number of benzene rings is 1. The molecule has 1 aliphatic heterocycles. The second-order valence-electron chi connectivity index (χ2n) is 5.97. The van der Waals surface area contributed by atoms with Gasteiger partial charge in [0.25, 0.3) is 0 Å². The molecule has 2 rings (SSSR count). The number of hydrogen-bond donors (Lipinski definition) is 2. The monoisotopic (exact) mass is 306 g/mol. The minimum absolute atomic E-state index is 0.113. The highest BCUT2D eigenvalue weighted by molar-refractivity contribution is 5.78. The lowest BCUT2D eigenvalue weighted by Crippen LogP contribution is -2.43. The maximum absolute atomic E-state index is 11.6. The summed E-state index contributed by atoms with van der Waals surface area (Å²) in [6, 6.07) is 7.81. The molecule has 1 amide bonds. The molecule has 0 aromatic heterocycles. The fraction of sp³-hybridized carbons (Fsp3) is 0.588. The first kappa shape index (κ1) is 16.8. The molecule has 1 aromatic rings. The summed E-state index contributed by atoms with van der Waals surface area (Å²) in [6.45, 7) is 4.60. The van der Waals surface area contributed by atoms with Crippen molar-refractivity contribution in [3.8, 4) is 5.75 Å². The molecule has 1 fully saturated rings. The van der Waals surface area contributed by atoms with E-state index in [1.807, 2.05) is 31.2 Å². The number of nitrogens with zero attached hydrogens (tertiary/aromatic N) is 1. The zero-order chi connectivity index (χ0) is 15.9. The molecule has 5 nitrogen and oxygen atoms in total. The predicted molar refractivity (Wildman–Crippen MR) is 85.9 cm³/mol. The molecule has 0 radical (unpaired) electrons. The van der Waals surface area contributed by atoms with Crippen molar-refractivity contribution in [1.29, 1.82) is 0 Å². The highest BCUT2D eigenvalue weighted by Crippen LogP contribution is 2.17. The number of aliphatic hydroxyl groups is 1. The predicted octanol–water partition coefficient (Wildman–Crippen LogP) is 1.19. The molecule has 1 unspecified atom stereocenters. The van der Waals surface area contributed by atoms with E-state index < -0.39 is 6.10 Å². The molecule has 122 valence electrons. The number of piperidine rings is 1. The minimum Gasteiger partial charge on any atom is -0.491 e. The molecule has 5 heteroatoms. The third kappa shape index (κ3) is 5.00. The number of carbonyl (C=O) groups is 1. The van der Waals surface area contributed by atoms with E-state index in [0.717, 1.165) is 31.7 Å². The molecule has 1 saturated heterocycles. The summed E-state index contributed by atoms with van der Waals surface area (Å²) >= 11 is 0. The molecule has 2 N–H and O–H groups in total. The van der Waals surface area contributed by atoms with Crippen LogP contribution < -0.4 is 10.1 Å². The van der Waals surface area contributed by atoms with Gasteiger partial charge < -0.3 is 20.1 Å². The van der Waals surface area contributed by atoms with Gasteiger partial charge in [0, 0.05) is 19.5 Å². The fourth-order valence-corrected chi connectivity index (χ4v) is 2.76. The van der Waals surface area contributed by atoms with Gasteiger partial charge in [0.05, 0.1) is 0 Å². The molecule has 0 bridgehead atoms. The number of rotatable bonds is 6. The Kier molecular flexibility index (Phi) is 6.21. The standard InChI is InChI=1S/C17H26N2O3/c1-13-3-5-16(6-4-13)22-12-15(20)11-19-9-7-14(8-10-19)17(21)18-2/h3-6,14-15,20H,7-12H2,1-2H3,(H,18,21). The molecule has 1 aromatic carbocycles. The molecule has 1 atom stereocenters. The number of aryl methyl sites for hydroxylation is 1. The summed E-state index contributed by atoms with van der Waals surface area (Å²) in [4.78, 5) is 13.8. The van der Waals surface area contributed by atoms with E-state index in [1.54, 1.807) is 7.05 Å². The van der Waals surface area contributed by atoms with Crippen molar-refractivity contribution < 1.29 is 14.6 Å². The summed E-state index contributed by atoms with van der Waals surface area (Å²) in [5.41, 5.74) is 1.19. The number of carbonyl (C=O) groups excluding carboxylic acids is 1. The number of nitrogens with one attached hydrogen (secondary N) is 1. The summed E-state index contributed by atoms with van der Waals surface area (Å²) in [5, 5.41) is 12.8. The summed E-state index contributed by atoms with van der Waals surface area (Å²) in [6.07, 6.45) is 1.19. The van der Waals surface area contributed by atoms with E-state index in [1.165, 1.54) is 5.56 Å². The minimum atomic E-state index is -0.516. The quantitative estimate of drug-likeness (QED) is 0.829. The smallest absolute Gasteiger partial charge is 0.222 e. The van der Waals surface area contributed by atoms with Crippen LogP contribution in [0.5, 0.6) is 5.75 Å². The lowest BCUT2D eigenvalue weighted by Gasteiger charge is -2.32. The number of amides is 1. The number of hydrogen-bond acceptors (Lipinski definition) is 4. The molecular formula is C17H26N2O3. The van der Waals surface area contributed by atoms with Gasteiger partial charge in [-0.05, 0) is 45.0 Å². The lowest BCUT2D eigenvalue weighted by atomic mass is 9.96. The average Bonchev–Trinajstić information content (AvgIpc) is 2.54. The van der Waals surface area contributed by atoms with Gasteiger partial charge in [-0.2, -0.15) is 0 Å². The van der Waals surface area contributed by atoms with Crippen molar-refractivity contribution >= 4 is 5.91 Å². The van der Waals surface area contributed by atoms with Crippen molar-refractivity contribution in [3.63, 3.8) is 0 Å². The SMILES string of the molecule is CNC(=O)C1CCN(CC(O)COc2ccc(C)cc2)CC1. The van der Waals surface area contributed by atoms with Crippen molar-refractivity contribution in [3.05, 3.63) is 29.8 Å². The first-order valence-electron chi connectivity index (χ1n) is 7.90. The van der Waals surface area contributed by atoms with Crippen LogP contribution in [0.2, 0.25) is 0 Å². The molecule has 22 heavy (non-hydrogen) atoms. The van der Waals surface area contributed by atoms with E-state index in [4.69, 9.17) is 4.74 Å². The van der Waals surface area contributed by atoms with Crippen LogP contribution in [0.15, 0.2) is 24.3 Å². The van der Waals surface area contributed by atoms with Crippen molar-refractivity contribution in [2.24, 2.45) is 5.92 Å². The normalized spacial score (nSPS) is 18.0. The molecular weight excluding hydrogens is 280 g/mol. The second kappa shape index (κ2) is 8.15. The van der Waals surface area contributed by atoms with Crippen molar-refractivity contribution in [2.75, 3.05) is 33.3 Å². The van der Waals surface area contributed by atoms with Crippen LogP contribution >= 0.6 is 0 Å². The van der Waals surface area contributed by atoms with Gasteiger partial charge in [0.2, 0.25) is 5.91 Å². The topological polar surface area (TPSA) is 61.8 Å². The molecule has 0 spiro atoms. The third-order valence-electron chi connectivity index (χ3n) is 4.14. The fourth-order valence-electron chi connectivity index (χ4n) is 2.76. The largest absolute Gasteiger partial charge is 0.491 e. The zero-order valence-electron chi connectivity index (χ0n) is 13.4. The van der Waals surface area contributed by atoms with Crippen LogP contribution in [0.4, 0.5) is 0 Å². The number of likely N-dealkylation sites (tertiary alicyclic amines) is 1. The summed E-state index contributed by atoms with van der Waals surface area (Å²) < 4.78 is 5.60. The highest BCUT2D eigenvalue weighted by Gasteiger charge is 2.25. The number of aliphatic hydroxyl groups excluding tert-OH is 1. The first-order valence-corrected chi connectivity index (χ1v) is 7.90. The van der Waals surface area contributed by atoms with E-state index in [2.05, 4.69) is 10.2 Å². The van der Waals surface area contributed by atoms with E-state index >= 15 is 0 Å². The Balaban J connectivity index is 1.68. The highest BCUT2D eigenvalue weighted by atomic mass is 16.5. The number of β-amino-alcohol motifs (C(OH)–C–C–N with tert-alkyl or cyclic N) is 1. The number of ether oxygens (including phenoxy) is 1. The van der Waals surface area contributed by atoms with E-state index in [9.17, 15) is 9.90 Å².